The molecule has 3 aromatic carbocycles. The van der Waals surface area contributed by atoms with Crippen LogP contribution in [0.15, 0.2) is 66.7 Å². The quantitative estimate of drug-likeness (QED) is 0.294. The lowest BCUT2D eigenvalue weighted by molar-refractivity contribution is -0.127. The number of hydrogen-bond acceptors (Lipinski definition) is 9. The Labute approximate surface area is 247 Å². The maximum Gasteiger partial charge on any atom is 0.337 e. The molecular weight excluding hydrogens is 554 g/mol. The fraction of sp³-hybridized carbons (Fsp3) is 0.323. The molecule has 222 valence electrons. The van der Waals surface area contributed by atoms with Gasteiger partial charge in [0.2, 0.25) is 11.8 Å². The Morgan fingerprint density at radius 3 is 2.58 bits per heavy atom. The summed E-state index contributed by atoms with van der Waals surface area (Å²) < 4.78 is 23.6. The standard InChI is InChI=1S/C31H31N5O7/c1-40-31(39)21-10-8-20(9-11-21)29(30(38)32-18-23-5-4-14-41-23)36(22-12-13-26-27(17-22)43-16-15-42-26)28(37)19-35-25-7-3-2-6-24(25)33-34-35/h2-3,6-13,17,23,29H,4-5,14-16,18-19H2,1H3,(H,32,38)/t23-,29+/m1/s1. The SMILES string of the molecule is COC(=O)c1ccc([C@@H](C(=O)NC[C@H]2CCCO2)N(C(=O)Cn2nnc3ccccc32)c2ccc3c(c2)OCCO3)cc1. The molecule has 2 aliphatic rings. The molecular formula is C31H31N5O7. The number of fused-ring (bicyclic) bond motifs is 2. The van der Waals surface area contributed by atoms with Crippen LogP contribution >= 0.6 is 0 Å². The van der Waals surface area contributed by atoms with E-state index in [0.29, 0.717) is 65.7 Å². The Balaban J connectivity index is 1.41. The van der Waals surface area contributed by atoms with Gasteiger partial charge in [-0.3, -0.25) is 14.5 Å². The van der Waals surface area contributed by atoms with E-state index in [1.165, 1.54) is 16.7 Å². The van der Waals surface area contributed by atoms with Gasteiger partial charge in [-0.25, -0.2) is 9.48 Å². The zero-order chi connectivity index (χ0) is 29.8. The average molecular weight is 586 g/mol. The highest BCUT2D eigenvalue weighted by Gasteiger charge is 2.35. The predicted molar refractivity (Wildman–Crippen MR) is 155 cm³/mol. The van der Waals surface area contributed by atoms with Gasteiger partial charge in [0.15, 0.2) is 11.5 Å². The van der Waals surface area contributed by atoms with Crippen LogP contribution in [0.2, 0.25) is 0 Å². The van der Waals surface area contributed by atoms with Crippen LogP contribution in [0.3, 0.4) is 0 Å². The minimum absolute atomic E-state index is 0.105. The third-order valence-electron chi connectivity index (χ3n) is 7.46. The Hall–Kier alpha value is -4.97. The second-order valence-electron chi connectivity index (χ2n) is 10.2. The molecule has 0 unspecified atom stereocenters. The van der Waals surface area contributed by atoms with Gasteiger partial charge in [-0.15, -0.1) is 5.10 Å². The molecule has 1 aromatic heterocycles. The van der Waals surface area contributed by atoms with Gasteiger partial charge in [-0.2, -0.15) is 0 Å². The summed E-state index contributed by atoms with van der Waals surface area (Å²) in [7, 11) is 1.30. The number of nitrogens with one attached hydrogen (secondary N) is 1. The van der Waals surface area contributed by atoms with Gasteiger partial charge < -0.3 is 24.3 Å². The number of methoxy groups -OCH3 is 1. The molecule has 0 spiro atoms. The number of aromatic nitrogens is 3. The van der Waals surface area contributed by atoms with Crippen LogP contribution in [0, 0.1) is 0 Å². The van der Waals surface area contributed by atoms with Gasteiger partial charge in [-0.1, -0.05) is 29.5 Å². The van der Waals surface area contributed by atoms with Crippen molar-refractivity contribution in [1.82, 2.24) is 20.3 Å². The van der Waals surface area contributed by atoms with E-state index in [1.807, 2.05) is 24.3 Å². The van der Waals surface area contributed by atoms with E-state index < -0.39 is 23.8 Å². The molecule has 4 aromatic rings. The first-order chi connectivity index (χ1) is 21.0. The highest BCUT2D eigenvalue weighted by molar-refractivity contribution is 6.02. The topological polar surface area (TPSA) is 134 Å². The summed E-state index contributed by atoms with van der Waals surface area (Å²) in [6.07, 6.45) is 1.65. The second-order valence-corrected chi connectivity index (χ2v) is 10.2. The summed E-state index contributed by atoms with van der Waals surface area (Å²) in [6, 6.07) is 17.8. The van der Waals surface area contributed by atoms with E-state index in [2.05, 4.69) is 15.6 Å². The van der Waals surface area contributed by atoms with E-state index in [0.717, 1.165) is 12.8 Å². The van der Waals surface area contributed by atoms with Crippen molar-refractivity contribution >= 4 is 34.5 Å². The number of anilines is 1. The normalized spacial score (nSPS) is 16.4. The van der Waals surface area contributed by atoms with Crippen LogP contribution in [0.5, 0.6) is 11.5 Å². The van der Waals surface area contributed by atoms with Crippen molar-refractivity contribution in [3.63, 3.8) is 0 Å². The molecule has 6 rings (SSSR count). The Morgan fingerprint density at radius 2 is 1.81 bits per heavy atom. The number of carbonyl (C=O) groups is 3. The molecule has 3 heterocycles. The summed E-state index contributed by atoms with van der Waals surface area (Å²) >= 11 is 0. The molecule has 0 saturated carbocycles. The average Bonchev–Trinajstić information content (AvgIpc) is 3.72. The molecule has 2 amide bonds. The Morgan fingerprint density at radius 1 is 1.02 bits per heavy atom. The number of esters is 1. The fourth-order valence-electron chi connectivity index (χ4n) is 5.31. The molecule has 12 heteroatoms. The number of carbonyl (C=O) groups excluding carboxylic acids is 3. The van der Waals surface area contributed by atoms with Crippen molar-refractivity contribution in [2.24, 2.45) is 0 Å². The van der Waals surface area contributed by atoms with Gasteiger partial charge in [0.1, 0.15) is 31.3 Å². The van der Waals surface area contributed by atoms with Gasteiger partial charge in [0.05, 0.1) is 24.3 Å². The molecule has 43 heavy (non-hydrogen) atoms. The van der Waals surface area contributed by atoms with Crippen LogP contribution in [0.1, 0.15) is 34.8 Å². The molecule has 1 saturated heterocycles. The highest BCUT2D eigenvalue weighted by Crippen LogP contribution is 2.37. The lowest BCUT2D eigenvalue weighted by atomic mass is 10.0. The third kappa shape index (κ3) is 6.00. The fourth-order valence-corrected chi connectivity index (χ4v) is 5.31. The third-order valence-corrected chi connectivity index (χ3v) is 7.46. The van der Waals surface area contributed by atoms with Crippen LogP contribution < -0.4 is 19.7 Å². The number of benzene rings is 3. The maximum atomic E-state index is 14.3. The minimum Gasteiger partial charge on any atom is -0.486 e. The zero-order valence-corrected chi connectivity index (χ0v) is 23.6. The summed E-state index contributed by atoms with van der Waals surface area (Å²) in [5, 5.41) is 11.4. The monoisotopic (exact) mass is 585 g/mol. The molecule has 1 fully saturated rings. The molecule has 0 radical (unpaired) electrons. The maximum absolute atomic E-state index is 14.3. The van der Waals surface area contributed by atoms with Crippen molar-refractivity contribution in [1.29, 1.82) is 0 Å². The van der Waals surface area contributed by atoms with Crippen LogP contribution in [0.4, 0.5) is 5.69 Å². The van der Waals surface area contributed by atoms with Crippen molar-refractivity contribution in [3.05, 3.63) is 77.9 Å². The lowest BCUT2D eigenvalue weighted by Gasteiger charge is -2.32. The minimum atomic E-state index is -1.11. The molecule has 0 bridgehead atoms. The highest BCUT2D eigenvalue weighted by atomic mass is 16.6. The summed E-state index contributed by atoms with van der Waals surface area (Å²) in [6.45, 7) is 1.52. The smallest absolute Gasteiger partial charge is 0.337 e. The van der Waals surface area contributed by atoms with Crippen molar-refractivity contribution < 1.29 is 33.3 Å². The molecule has 2 atom stereocenters. The Kier molecular flexibility index (Phi) is 8.18. The van der Waals surface area contributed by atoms with Gasteiger partial charge in [0, 0.05) is 24.9 Å². The number of hydrogen-bond donors (Lipinski definition) is 1. The van der Waals surface area contributed by atoms with Gasteiger partial charge in [-0.05, 0) is 54.8 Å². The molecule has 12 nitrogen and oxygen atoms in total. The molecule has 1 N–H and O–H groups in total. The zero-order valence-electron chi connectivity index (χ0n) is 23.6. The Bertz CT molecular complexity index is 1630. The summed E-state index contributed by atoms with van der Waals surface area (Å²) in [5.41, 5.74) is 2.55. The second kappa shape index (κ2) is 12.5. The first-order valence-corrected chi connectivity index (χ1v) is 14.1. The van der Waals surface area contributed by atoms with Crippen LogP contribution in [-0.4, -0.2) is 72.4 Å². The van der Waals surface area contributed by atoms with E-state index in [-0.39, 0.29) is 12.6 Å². The van der Waals surface area contributed by atoms with E-state index in [4.69, 9.17) is 18.9 Å². The van der Waals surface area contributed by atoms with Crippen LogP contribution in [-0.2, 0) is 25.6 Å². The van der Waals surface area contributed by atoms with E-state index >= 15 is 0 Å². The molecule has 0 aliphatic carbocycles. The first kappa shape index (κ1) is 28.2. The van der Waals surface area contributed by atoms with Crippen molar-refractivity contribution in [2.45, 2.75) is 31.5 Å². The number of para-hydroxylation sites is 1. The summed E-state index contributed by atoms with van der Waals surface area (Å²) in [4.78, 5) is 41.9. The largest absolute Gasteiger partial charge is 0.486 e. The first-order valence-electron chi connectivity index (χ1n) is 14.1. The van der Waals surface area contributed by atoms with E-state index in [9.17, 15) is 14.4 Å². The summed E-state index contributed by atoms with van der Waals surface area (Å²) in [5.74, 6) is -0.322. The molecule has 2 aliphatic heterocycles. The lowest BCUT2D eigenvalue weighted by Crippen LogP contribution is -2.46. The van der Waals surface area contributed by atoms with Gasteiger partial charge >= 0.3 is 5.97 Å². The predicted octanol–water partition coefficient (Wildman–Crippen LogP) is 3.06. The number of ether oxygens (including phenoxy) is 4. The van der Waals surface area contributed by atoms with Crippen molar-refractivity contribution in [3.8, 4) is 11.5 Å². The van der Waals surface area contributed by atoms with Crippen molar-refractivity contribution in [2.75, 3.05) is 38.4 Å². The van der Waals surface area contributed by atoms with Gasteiger partial charge in [0.25, 0.3) is 0 Å². The van der Waals surface area contributed by atoms with E-state index in [1.54, 1.807) is 42.5 Å². The number of rotatable bonds is 9. The number of amides is 2. The number of nitrogens with zero attached hydrogens (tertiary/aromatic N) is 4. The van der Waals surface area contributed by atoms with Crippen LogP contribution in [0.25, 0.3) is 11.0 Å².